The number of hydrogen-bond donors (Lipinski definition) is 2. The molecule has 1 heterocycles. The summed E-state index contributed by atoms with van der Waals surface area (Å²) in [5.41, 5.74) is 1.22. The van der Waals surface area contributed by atoms with Gasteiger partial charge in [0.1, 0.15) is 0 Å². The molecule has 0 aromatic heterocycles. The first-order chi connectivity index (χ1) is 7.40. The molecule has 0 atom stereocenters. The molecule has 1 N–H and O–H groups in total. The van der Waals surface area contributed by atoms with E-state index in [-0.39, 0.29) is 0 Å². The van der Waals surface area contributed by atoms with Gasteiger partial charge < -0.3 is 14.8 Å². The molecule has 0 aliphatic carbocycles. The fourth-order valence-electron chi connectivity index (χ4n) is 1.49. The van der Waals surface area contributed by atoms with Crippen LogP contribution in [-0.4, -0.2) is 19.1 Å². The molecule has 82 valence electrons. The van der Waals surface area contributed by atoms with Gasteiger partial charge in [-0.15, -0.1) is 0 Å². The Hall–Kier alpha value is -0.870. The maximum absolute atomic E-state index is 5.30. The summed E-state index contributed by atoms with van der Waals surface area (Å²) in [5.74, 6) is 2.62. The summed E-state index contributed by atoms with van der Waals surface area (Å²) in [7, 11) is 0. The third kappa shape index (κ3) is 2.79. The van der Waals surface area contributed by atoms with Crippen LogP contribution in [0.25, 0.3) is 0 Å². The first kappa shape index (κ1) is 10.6. The van der Waals surface area contributed by atoms with Crippen molar-refractivity contribution in [2.24, 2.45) is 0 Å². The maximum Gasteiger partial charge on any atom is 0.231 e. The fourth-order valence-corrected chi connectivity index (χ4v) is 1.65. The lowest BCUT2D eigenvalue weighted by Gasteiger charge is -2.04. The zero-order chi connectivity index (χ0) is 10.5. The van der Waals surface area contributed by atoms with E-state index in [1.165, 1.54) is 5.56 Å². The van der Waals surface area contributed by atoms with Crippen LogP contribution in [0.2, 0.25) is 0 Å². The van der Waals surface area contributed by atoms with E-state index in [0.717, 1.165) is 36.8 Å². The van der Waals surface area contributed by atoms with Crippen molar-refractivity contribution in [1.82, 2.24) is 5.32 Å². The van der Waals surface area contributed by atoms with Crippen molar-refractivity contribution >= 4 is 12.6 Å². The molecule has 0 spiro atoms. The third-order valence-electron chi connectivity index (χ3n) is 2.28. The summed E-state index contributed by atoms with van der Waals surface area (Å²) < 4.78 is 10.5. The molecule has 15 heavy (non-hydrogen) atoms. The molecule has 1 aromatic rings. The van der Waals surface area contributed by atoms with E-state index in [1.807, 2.05) is 12.1 Å². The zero-order valence-corrected chi connectivity index (χ0v) is 9.43. The maximum atomic E-state index is 5.30. The smallest absolute Gasteiger partial charge is 0.231 e. The van der Waals surface area contributed by atoms with Crippen LogP contribution in [0.5, 0.6) is 11.5 Å². The quantitative estimate of drug-likeness (QED) is 0.592. The second-order valence-electron chi connectivity index (χ2n) is 3.44. The number of rotatable bonds is 5. The number of ether oxygens (including phenoxy) is 2. The number of fused-ring (bicyclic) bond motifs is 1. The highest BCUT2D eigenvalue weighted by Gasteiger charge is 2.12. The molecule has 1 aliphatic rings. The summed E-state index contributed by atoms with van der Waals surface area (Å²) in [6.45, 7) is 2.20. The Kier molecular flexibility index (Phi) is 3.75. The molecule has 0 amide bonds. The molecule has 4 heteroatoms. The van der Waals surface area contributed by atoms with Crippen molar-refractivity contribution in [3.8, 4) is 11.5 Å². The van der Waals surface area contributed by atoms with E-state index in [4.69, 9.17) is 9.47 Å². The number of hydrogen-bond acceptors (Lipinski definition) is 4. The monoisotopic (exact) mass is 225 g/mol. The van der Waals surface area contributed by atoms with Gasteiger partial charge in [0.25, 0.3) is 0 Å². The Balaban J connectivity index is 1.87. The molecule has 1 aliphatic heterocycles. The highest BCUT2D eigenvalue weighted by molar-refractivity contribution is 7.80. The van der Waals surface area contributed by atoms with E-state index >= 15 is 0 Å². The van der Waals surface area contributed by atoms with Crippen LogP contribution in [-0.2, 0) is 6.54 Å². The van der Waals surface area contributed by atoms with Crippen LogP contribution >= 0.6 is 12.6 Å². The zero-order valence-electron chi connectivity index (χ0n) is 8.53. The molecule has 0 fully saturated rings. The molecule has 3 nitrogen and oxygen atoms in total. The lowest BCUT2D eigenvalue weighted by Crippen LogP contribution is -2.14. The predicted octanol–water partition coefficient (Wildman–Crippen LogP) is 1.82. The van der Waals surface area contributed by atoms with E-state index in [2.05, 4.69) is 24.0 Å². The Bertz CT molecular complexity index is 330. The van der Waals surface area contributed by atoms with Crippen LogP contribution in [0.15, 0.2) is 18.2 Å². The van der Waals surface area contributed by atoms with Gasteiger partial charge in [0.2, 0.25) is 6.79 Å². The first-order valence-corrected chi connectivity index (χ1v) is 5.73. The minimum absolute atomic E-state index is 0.339. The van der Waals surface area contributed by atoms with Crippen LogP contribution in [0.3, 0.4) is 0 Å². The van der Waals surface area contributed by atoms with E-state index < -0.39 is 0 Å². The second-order valence-corrected chi connectivity index (χ2v) is 3.89. The molecule has 0 saturated heterocycles. The SMILES string of the molecule is SCCCNCc1ccc2c(c1)OCO2. The topological polar surface area (TPSA) is 30.5 Å². The van der Waals surface area contributed by atoms with Crippen molar-refractivity contribution in [2.45, 2.75) is 13.0 Å². The first-order valence-electron chi connectivity index (χ1n) is 5.10. The van der Waals surface area contributed by atoms with Gasteiger partial charge in [-0.1, -0.05) is 6.07 Å². The summed E-state index contributed by atoms with van der Waals surface area (Å²) in [6, 6.07) is 6.04. The van der Waals surface area contributed by atoms with Crippen LogP contribution in [0.1, 0.15) is 12.0 Å². The van der Waals surface area contributed by atoms with E-state index in [9.17, 15) is 0 Å². The molecule has 2 rings (SSSR count). The van der Waals surface area contributed by atoms with Gasteiger partial charge in [-0.3, -0.25) is 0 Å². The lowest BCUT2D eigenvalue weighted by atomic mass is 10.2. The van der Waals surface area contributed by atoms with Crippen LogP contribution < -0.4 is 14.8 Å². The highest BCUT2D eigenvalue weighted by atomic mass is 32.1. The van der Waals surface area contributed by atoms with Gasteiger partial charge in [-0.05, 0) is 36.4 Å². The standard InChI is InChI=1S/C11H15NO2S/c15-5-1-4-12-7-9-2-3-10-11(6-9)14-8-13-10/h2-3,6,12,15H,1,4-5,7-8H2. The van der Waals surface area contributed by atoms with E-state index in [0.29, 0.717) is 6.79 Å². The number of benzene rings is 1. The molecule has 1 aromatic carbocycles. The summed E-state index contributed by atoms with van der Waals surface area (Å²) in [5, 5.41) is 3.35. The van der Waals surface area contributed by atoms with Crippen molar-refractivity contribution in [2.75, 3.05) is 19.1 Å². The molecule has 0 unspecified atom stereocenters. The van der Waals surface area contributed by atoms with Gasteiger partial charge in [0.15, 0.2) is 11.5 Å². The van der Waals surface area contributed by atoms with Crippen LogP contribution in [0, 0.1) is 0 Å². The Morgan fingerprint density at radius 3 is 3.00 bits per heavy atom. The van der Waals surface area contributed by atoms with Crippen molar-refractivity contribution in [1.29, 1.82) is 0 Å². The third-order valence-corrected chi connectivity index (χ3v) is 2.59. The summed E-state index contributed by atoms with van der Waals surface area (Å²) >= 11 is 4.16. The van der Waals surface area contributed by atoms with Crippen molar-refractivity contribution in [3.05, 3.63) is 23.8 Å². The highest BCUT2D eigenvalue weighted by Crippen LogP contribution is 2.32. The minimum atomic E-state index is 0.339. The summed E-state index contributed by atoms with van der Waals surface area (Å²) in [6.07, 6.45) is 1.09. The minimum Gasteiger partial charge on any atom is -0.454 e. The molecule has 0 radical (unpaired) electrons. The molecule has 0 saturated carbocycles. The van der Waals surface area contributed by atoms with E-state index in [1.54, 1.807) is 0 Å². The van der Waals surface area contributed by atoms with Gasteiger partial charge in [-0.2, -0.15) is 12.6 Å². The van der Waals surface area contributed by atoms with Gasteiger partial charge in [-0.25, -0.2) is 0 Å². The second kappa shape index (κ2) is 5.28. The fraction of sp³-hybridized carbons (Fsp3) is 0.455. The Morgan fingerprint density at radius 2 is 2.13 bits per heavy atom. The molecular weight excluding hydrogens is 210 g/mol. The van der Waals surface area contributed by atoms with Crippen LogP contribution in [0.4, 0.5) is 0 Å². The normalized spacial score (nSPS) is 13.1. The van der Waals surface area contributed by atoms with Crippen molar-refractivity contribution < 1.29 is 9.47 Å². The predicted molar refractivity (Wildman–Crippen MR) is 62.7 cm³/mol. The van der Waals surface area contributed by atoms with Gasteiger partial charge in [0.05, 0.1) is 0 Å². The molecule has 0 bridgehead atoms. The Morgan fingerprint density at radius 1 is 1.27 bits per heavy atom. The van der Waals surface area contributed by atoms with Crippen molar-refractivity contribution in [3.63, 3.8) is 0 Å². The van der Waals surface area contributed by atoms with Gasteiger partial charge in [0, 0.05) is 6.54 Å². The number of nitrogens with one attached hydrogen (secondary N) is 1. The Labute approximate surface area is 95.2 Å². The molecular formula is C11H15NO2S. The van der Waals surface area contributed by atoms with Gasteiger partial charge >= 0.3 is 0 Å². The number of thiol groups is 1. The largest absolute Gasteiger partial charge is 0.454 e. The lowest BCUT2D eigenvalue weighted by molar-refractivity contribution is 0.174. The average molecular weight is 225 g/mol. The average Bonchev–Trinajstić information content (AvgIpc) is 2.71. The summed E-state index contributed by atoms with van der Waals surface area (Å²) in [4.78, 5) is 0.